The zero-order valence-electron chi connectivity index (χ0n) is 10.3. The molecule has 1 heterocycles. The van der Waals surface area contributed by atoms with Crippen LogP contribution in [0, 0.1) is 5.41 Å². The molecule has 1 aromatic rings. The van der Waals surface area contributed by atoms with Crippen molar-refractivity contribution in [3.8, 4) is 0 Å². The highest BCUT2D eigenvalue weighted by Gasteiger charge is 2.44. The van der Waals surface area contributed by atoms with E-state index in [0.717, 1.165) is 23.6 Å². The molecular weight excluding hydrogens is 250 g/mol. The number of rotatable bonds is 5. The average Bonchev–Trinajstić information content (AvgIpc) is 3.11. The molecule has 1 aliphatic rings. The lowest BCUT2D eigenvalue weighted by Crippen LogP contribution is -2.13. The number of nitrogens with zero attached hydrogens (tertiary/aromatic N) is 1. The summed E-state index contributed by atoms with van der Waals surface area (Å²) in [5.74, 6) is 1.08. The number of methoxy groups -OCH3 is 1. The van der Waals surface area contributed by atoms with Crippen molar-refractivity contribution in [2.75, 3.05) is 24.3 Å². The fourth-order valence-electron chi connectivity index (χ4n) is 1.70. The maximum absolute atomic E-state index is 11.3. The zero-order chi connectivity index (χ0) is 13.2. The summed E-state index contributed by atoms with van der Waals surface area (Å²) in [5, 5.41) is 0.845. The van der Waals surface area contributed by atoms with Crippen molar-refractivity contribution in [3.63, 3.8) is 0 Å². The number of nitrogen functional groups attached to an aromatic ring is 2. The van der Waals surface area contributed by atoms with E-state index in [0.29, 0.717) is 17.9 Å². The molecule has 0 spiro atoms. The van der Waals surface area contributed by atoms with Crippen LogP contribution >= 0.6 is 11.8 Å². The van der Waals surface area contributed by atoms with Gasteiger partial charge in [0, 0.05) is 5.75 Å². The Kier molecular flexibility index (Phi) is 3.65. The number of esters is 1. The molecule has 0 amide bonds. The van der Waals surface area contributed by atoms with Gasteiger partial charge in [0.1, 0.15) is 5.82 Å². The minimum absolute atomic E-state index is 0.0928. The average molecular weight is 267 g/mol. The summed E-state index contributed by atoms with van der Waals surface area (Å²) in [6, 6.07) is 3.61. The number of hydrogen-bond donors (Lipinski definition) is 2. The second-order valence-corrected chi connectivity index (χ2v) is 5.66. The highest BCUT2D eigenvalue weighted by Crippen LogP contribution is 2.52. The van der Waals surface area contributed by atoms with Crippen molar-refractivity contribution in [1.29, 1.82) is 0 Å². The van der Waals surface area contributed by atoms with Crippen LogP contribution in [0.5, 0.6) is 0 Å². The number of hydrogen-bond acceptors (Lipinski definition) is 6. The number of anilines is 2. The van der Waals surface area contributed by atoms with Crippen LogP contribution in [-0.4, -0.2) is 23.8 Å². The normalized spacial score (nSPS) is 16.3. The van der Waals surface area contributed by atoms with E-state index >= 15 is 0 Å². The Morgan fingerprint density at radius 2 is 2.22 bits per heavy atom. The molecule has 2 rings (SSSR count). The van der Waals surface area contributed by atoms with Gasteiger partial charge in [0.15, 0.2) is 0 Å². The van der Waals surface area contributed by atoms with Crippen LogP contribution in [0.1, 0.15) is 19.3 Å². The van der Waals surface area contributed by atoms with Crippen molar-refractivity contribution in [2.24, 2.45) is 5.41 Å². The van der Waals surface area contributed by atoms with Gasteiger partial charge in [-0.05, 0) is 30.4 Å². The molecule has 0 aromatic carbocycles. The third-order valence-electron chi connectivity index (χ3n) is 3.16. The third kappa shape index (κ3) is 3.07. The number of aromatic nitrogens is 1. The quantitative estimate of drug-likeness (QED) is 0.623. The van der Waals surface area contributed by atoms with E-state index in [9.17, 15) is 4.79 Å². The maximum Gasteiger partial charge on any atom is 0.306 e. The number of thioether (sulfide) groups is 1. The van der Waals surface area contributed by atoms with Gasteiger partial charge in [-0.1, -0.05) is 0 Å². The van der Waals surface area contributed by atoms with Crippen LogP contribution in [0.15, 0.2) is 17.2 Å². The minimum atomic E-state index is -0.141. The molecule has 0 unspecified atom stereocenters. The van der Waals surface area contributed by atoms with Gasteiger partial charge in [0.2, 0.25) is 0 Å². The summed E-state index contributed by atoms with van der Waals surface area (Å²) in [6.45, 7) is 0. The van der Waals surface area contributed by atoms with E-state index in [1.807, 2.05) is 6.07 Å². The predicted molar refractivity (Wildman–Crippen MR) is 72.1 cm³/mol. The molecule has 0 radical (unpaired) electrons. The van der Waals surface area contributed by atoms with Crippen molar-refractivity contribution in [3.05, 3.63) is 12.1 Å². The van der Waals surface area contributed by atoms with Crippen LogP contribution < -0.4 is 11.5 Å². The number of pyridine rings is 1. The van der Waals surface area contributed by atoms with Gasteiger partial charge in [-0.2, -0.15) is 0 Å². The molecule has 0 bridgehead atoms. The molecule has 6 heteroatoms. The first-order valence-corrected chi connectivity index (χ1v) is 6.75. The summed E-state index contributed by atoms with van der Waals surface area (Å²) in [5.41, 5.74) is 11.9. The lowest BCUT2D eigenvalue weighted by molar-refractivity contribution is -0.141. The molecule has 1 aliphatic carbocycles. The number of ether oxygens (including phenoxy) is 1. The van der Waals surface area contributed by atoms with Gasteiger partial charge in [-0.25, -0.2) is 4.98 Å². The molecule has 1 fully saturated rings. The fraction of sp³-hybridized carbons (Fsp3) is 0.500. The van der Waals surface area contributed by atoms with Gasteiger partial charge >= 0.3 is 5.97 Å². The second-order valence-electron chi connectivity index (χ2n) is 4.67. The van der Waals surface area contributed by atoms with Crippen LogP contribution in [-0.2, 0) is 9.53 Å². The first-order chi connectivity index (χ1) is 8.54. The van der Waals surface area contributed by atoms with Gasteiger partial charge in [-0.15, -0.1) is 11.8 Å². The summed E-state index contributed by atoms with van der Waals surface area (Å²) in [4.78, 5) is 15.5. The van der Waals surface area contributed by atoms with Gasteiger partial charge in [0.05, 0.1) is 24.2 Å². The second kappa shape index (κ2) is 5.06. The lowest BCUT2D eigenvalue weighted by Gasteiger charge is -2.12. The van der Waals surface area contributed by atoms with Gasteiger partial charge in [0.25, 0.3) is 0 Å². The third-order valence-corrected chi connectivity index (χ3v) is 4.44. The molecule has 98 valence electrons. The Hall–Kier alpha value is -1.43. The summed E-state index contributed by atoms with van der Waals surface area (Å²) in [6.07, 6.45) is 2.63. The molecule has 0 saturated heterocycles. The standard InChI is InChI=1S/C12H17N3O2S/c1-17-10(16)6-12(4-5-12)7-18-9-3-2-8(13)11(14)15-9/h2-3H,4-7,13H2,1H3,(H2,14,15). The molecular formula is C12H17N3O2S. The van der Waals surface area contributed by atoms with Crippen LogP contribution in [0.2, 0.25) is 0 Å². The number of nitrogens with two attached hydrogens (primary N) is 2. The smallest absolute Gasteiger partial charge is 0.306 e. The molecule has 0 atom stereocenters. The Balaban J connectivity index is 1.91. The molecule has 5 nitrogen and oxygen atoms in total. The van der Waals surface area contributed by atoms with E-state index in [2.05, 4.69) is 4.98 Å². The van der Waals surface area contributed by atoms with Gasteiger partial charge in [-0.3, -0.25) is 4.79 Å². The summed E-state index contributed by atoms with van der Waals surface area (Å²) >= 11 is 1.61. The van der Waals surface area contributed by atoms with Crippen LogP contribution in [0.25, 0.3) is 0 Å². The SMILES string of the molecule is COC(=O)CC1(CSc2ccc(N)c(N)n2)CC1. The van der Waals surface area contributed by atoms with Gasteiger partial charge < -0.3 is 16.2 Å². The highest BCUT2D eigenvalue weighted by molar-refractivity contribution is 7.99. The van der Waals surface area contributed by atoms with Crippen molar-refractivity contribution >= 4 is 29.2 Å². The van der Waals surface area contributed by atoms with Crippen LogP contribution in [0.4, 0.5) is 11.5 Å². The van der Waals surface area contributed by atoms with Crippen molar-refractivity contribution in [1.82, 2.24) is 4.98 Å². The Morgan fingerprint density at radius 3 is 2.78 bits per heavy atom. The molecule has 4 N–H and O–H groups in total. The van der Waals surface area contributed by atoms with Crippen molar-refractivity contribution < 1.29 is 9.53 Å². The molecule has 0 aliphatic heterocycles. The molecule has 18 heavy (non-hydrogen) atoms. The van der Waals surface area contributed by atoms with E-state index < -0.39 is 0 Å². The Labute approximate surface area is 110 Å². The Morgan fingerprint density at radius 1 is 1.50 bits per heavy atom. The first-order valence-electron chi connectivity index (χ1n) is 5.76. The lowest BCUT2D eigenvalue weighted by atomic mass is 10.1. The monoisotopic (exact) mass is 267 g/mol. The minimum Gasteiger partial charge on any atom is -0.469 e. The Bertz CT molecular complexity index is 461. The topological polar surface area (TPSA) is 91.2 Å². The maximum atomic E-state index is 11.3. The van der Waals surface area contributed by atoms with Crippen molar-refractivity contribution in [2.45, 2.75) is 24.3 Å². The van der Waals surface area contributed by atoms with E-state index in [-0.39, 0.29) is 11.4 Å². The largest absolute Gasteiger partial charge is 0.469 e. The first kappa shape index (κ1) is 13.0. The van der Waals surface area contributed by atoms with E-state index in [1.165, 1.54) is 7.11 Å². The van der Waals surface area contributed by atoms with E-state index in [1.54, 1.807) is 17.8 Å². The summed E-state index contributed by atoms with van der Waals surface area (Å²) < 4.78 is 4.71. The molecule has 1 aromatic heterocycles. The number of carbonyl (C=O) groups is 1. The van der Waals surface area contributed by atoms with Crippen LogP contribution in [0.3, 0.4) is 0 Å². The number of carbonyl (C=O) groups excluding carboxylic acids is 1. The predicted octanol–water partition coefficient (Wildman–Crippen LogP) is 1.68. The zero-order valence-corrected chi connectivity index (χ0v) is 11.1. The molecule has 1 saturated carbocycles. The summed E-state index contributed by atoms with van der Waals surface area (Å²) in [7, 11) is 1.42. The van der Waals surface area contributed by atoms with E-state index in [4.69, 9.17) is 16.2 Å². The highest BCUT2D eigenvalue weighted by atomic mass is 32.2. The fourth-order valence-corrected chi connectivity index (χ4v) is 2.87.